The molecule has 3 aromatic carbocycles. The molecule has 5 nitrogen and oxygen atoms in total. The van der Waals surface area contributed by atoms with Crippen LogP contribution in [0, 0.1) is 0 Å². The van der Waals surface area contributed by atoms with E-state index in [9.17, 15) is 35.9 Å². The SMILES string of the molecule is COc1cc(NC(=O)c2cc(C(F)(F)F)cc(C(F)(F)F)c2)c(Cl)cc1NC(=O)c1ccccc1. The molecule has 0 radical (unpaired) electrons. The van der Waals surface area contributed by atoms with Crippen molar-refractivity contribution in [3.05, 3.63) is 87.9 Å². The second-order valence-electron chi connectivity index (χ2n) is 7.10. The van der Waals surface area contributed by atoms with Gasteiger partial charge in [-0.25, -0.2) is 0 Å². The van der Waals surface area contributed by atoms with Gasteiger partial charge in [0.2, 0.25) is 0 Å². The fraction of sp³-hybridized carbons (Fsp3) is 0.130. The van der Waals surface area contributed by atoms with Gasteiger partial charge in [0.25, 0.3) is 11.8 Å². The van der Waals surface area contributed by atoms with Gasteiger partial charge in [-0.15, -0.1) is 0 Å². The number of hydrogen-bond acceptors (Lipinski definition) is 3. The molecule has 3 rings (SSSR count). The number of amides is 2. The maximum atomic E-state index is 13.1. The lowest BCUT2D eigenvalue weighted by Gasteiger charge is -2.16. The average Bonchev–Trinajstić information content (AvgIpc) is 2.79. The zero-order valence-corrected chi connectivity index (χ0v) is 18.4. The van der Waals surface area contributed by atoms with Gasteiger partial charge in [-0.1, -0.05) is 29.8 Å². The highest BCUT2D eigenvalue weighted by Gasteiger charge is 2.37. The van der Waals surface area contributed by atoms with E-state index in [1.165, 1.54) is 19.2 Å². The van der Waals surface area contributed by atoms with Gasteiger partial charge in [0.15, 0.2) is 0 Å². The predicted octanol–water partition coefficient (Wildman–Crippen LogP) is 6.89. The third kappa shape index (κ3) is 6.24. The standard InChI is InChI=1S/C23H15ClF6N2O3/c1-35-19-11-17(16(24)10-18(19)32-20(33)12-5-3-2-4-6-12)31-21(34)13-7-14(22(25,26)27)9-15(8-13)23(28,29)30/h2-11H,1H3,(H,31,34)(H,32,33). The van der Waals surface area contributed by atoms with E-state index in [2.05, 4.69) is 10.6 Å². The Morgan fingerprint density at radius 2 is 1.26 bits per heavy atom. The Labute approximate surface area is 199 Å². The predicted molar refractivity (Wildman–Crippen MR) is 117 cm³/mol. The number of carbonyl (C=O) groups excluding carboxylic acids is 2. The van der Waals surface area contributed by atoms with Gasteiger partial charge in [-0.2, -0.15) is 26.3 Å². The first-order valence-corrected chi connectivity index (χ1v) is 10.0. The molecule has 0 heterocycles. The molecule has 0 bridgehead atoms. The van der Waals surface area contributed by atoms with E-state index in [1.807, 2.05) is 0 Å². The number of ether oxygens (including phenoxy) is 1. The highest BCUT2D eigenvalue weighted by molar-refractivity contribution is 6.34. The van der Waals surface area contributed by atoms with Crippen LogP contribution in [0.1, 0.15) is 31.8 Å². The van der Waals surface area contributed by atoms with Gasteiger partial charge >= 0.3 is 12.4 Å². The van der Waals surface area contributed by atoms with Crippen LogP contribution in [0.4, 0.5) is 37.7 Å². The topological polar surface area (TPSA) is 67.4 Å². The summed E-state index contributed by atoms with van der Waals surface area (Å²) < 4.78 is 83.7. The number of methoxy groups -OCH3 is 1. The van der Waals surface area contributed by atoms with Crippen molar-refractivity contribution in [3.63, 3.8) is 0 Å². The Morgan fingerprint density at radius 1 is 0.743 bits per heavy atom. The molecule has 0 saturated heterocycles. The molecule has 0 aliphatic rings. The Hall–Kier alpha value is -3.73. The number of rotatable bonds is 5. The monoisotopic (exact) mass is 516 g/mol. The normalized spacial score (nSPS) is 11.7. The van der Waals surface area contributed by atoms with Crippen LogP contribution in [0.15, 0.2) is 60.7 Å². The Kier molecular flexibility index (Phi) is 7.30. The van der Waals surface area contributed by atoms with E-state index in [0.29, 0.717) is 17.7 Å². The Balaban J connectivity index is 1.92. The molecule has 0 atom stereocenters. The summed E-state index contributed by atoms with van der Waals surface area (Å²) in [7, 11) is 1.25. The molecule has 0 unspecified atom stereocenters. The number of benzene rings is 3. The summed E-state index contributed by atoms with van der Waals surface area (Å²) in [6.07, 6.45) is -10.2. The molecule has 0 saturated carbocycles. The molecule has 0 aliphatic carbocycles. The number of halogens is 7. The molecular formula is C23H15ClF6N2O3. The maximum absolute atomic E-state index is 13.1. The van der Waals surface area contributed by atoms with E-state index in [1.54, 1.807) is 30.3 Å². The first-order chi connectivity index (χ1) is 16.3. The van der Waals surface area contributed by atoms with E-state index >= 15 is 0 Å². The molecule has 12 heteroatoms. The molecule has 0 aromatic heterocycles. The van der Waals surface area contributed by atoms with Crippen LogP contribution in [0.2, 0.25) is 5.02 Å². The third-order valence-corrected chi connectivity index (χ3v) is 4.98. The Bertz CT molecular complexity index is 1230. The van der Waals surface area contributed by atoms with Crippen molar-refractivity contribution in [2.24, 2.45) is 0 Å². The lowest BCUT2D eigenvalue weighted by atomic mass is 10.0. The largest absolute Gasteiger partial charge is 0.494 e. The average molecular weight is 517 g/mol. The number of carbonyl (C=O) groups is 2. The maximum Gasteiger partial charge on any atom is 0.416 e. The minimum atomic E-state index is -5.12. The fourth-order valence-corrected chi connectivity index (χ4v) is 3.19. The van der Waals surface area contributed by atoms with Crippen molar-refractivity contribution in [1.29, 1.82) is 0 Å². The zero-order chi connectivity index (χ0) is 26.0. The van der Waals surface area contributed by atoms with E-state index < -0.39 is 40.9 Å². The summed E-state index contributed by atoms with van der Waals surface area (Å²) in [5.74, 6) is -1.75. The van der Waals surface area contributed by atoms with Crippen molar-refractivity contribution >= 4 is 34.8 Å². The van der Waals surface area contributed by atoms with E-state index in [4.69, 9.17) is 16.3 Å². The molecule has 184 valence electrons. The van der Waals surface area contributed by atoms with Gasteiger partial charge in [-0.3, -0.25) is 9.59 Å². The number of alkyl halides is 6. The van der Waals surface area contributed by atoms with Crippen LogP contribution in [-0.4, -0.2) is 18.9 Å². The lowest BCUT2D eigenvalue weighted by molar-refractivity contribution is -0.143. The van der Waals surface area contributed by atoms with Crippen molar-refractivity contribution < 1.29 is 40.7 Å². The van der Waals surface area contributed by atoms with Crippen LogP contribution in [0.5, 0.6) is 5.75 Å². The van der Waals surface area contributed by atoms with Gasteiger partial charge < -0.3 is 15.4 Å². The quantitative estimate of drug-likeness (QED) is 0.363. The molecule has 3 aromatic rings. The molecule has 2 amide bonds. The van der Waals surface area contributed by atoms with Crippen molar-refractivity contribution in [2.75, 3.05) is 17.7 Å². The molecule has 0 fully saturated rings. The van der Waals surface area contributed by atoms with E-state index in [-0.39, 0.29) is 28.2 Å². The number of anilines is 2. The van der Waals surface area contributed by atoms with Crippen LogP contribution in [0.3, 0.4) is 0 Å². The summed E-state index contributed by atoms with van der Waals surface area (Å²) >= 11 is 6.15. The molecule has 35 heavy (non-hydrogen) atoms. The second kappa shape index (κ2) is 9.87. The summed E-state index contributed by atoms with van der Waals surface area (Å²) in [5.41, 5.74) is -3.89. The molecular weight excluding hydrogens is 502 g/mol. The van der Waals surface area contributed by atoms with Gasteiger partial charge in [0.05, 0.1) is 34.6 Å². The van der Waals surface area contributed by atoms with E-state index in [0.717, 1.165) is 0 Å². The summed E-state index contributed by atoms with van der Waals surface area (Å²) in [5, 5.41) is 4.58. The van der Waals surface area contributed by atoms with Gasteiger partial charge in [0.1, 0.15) is 5.75 Å². The van der Waals surface area contributed by atoms with Crippen molar-refractivity contribution in [3.8, 4) is 5.75 Å². The van der Waals surface area contributed by atoms with Crippen molar-refractivity contribution in [1.82, 2.24) is 0 Å². The van der Waals surface area contributed by atoms with Crippen LogP contribution in [-0.2, 0) is 12.4 Å². The minimum absolute atomic E-state index is 0.0222. The first-order valence-electron chi connectivity index (χ1n) is 9.64. The molecule has 0 aliphatic heterocycles. The van der Waals surface area contributed by atoms with Crippen molar-refractivity contribution in [2.45, 2.75) is 12.4 Å². The highest BCUT2D eigenvalue weighted by Crippen LogP contribution is 2.38. The molecule has 0 spiro atoms. The summed E-state index contributed by atoms with van der Waals surface area (Å²) in [4.78, 5) is 25.0. The fourth-order valence-electron chi connectivity index (χ4n) is 2.98. The van der Waals surface area contributed by atoms with Crippen LogP contribution >= 0.6 is 11.6 Å². The van der Waals surface area contributed by atoms with Gasteiger partial charge in [-0.05, 0) is 36.4 Å². The molecule has 2 N–H and O–H groups in total. The zero-order valence-electron chi connectivity index (χ0n) is 17.6. The summed E-state index contributed by atoms with van der Waals surface area (Å²) in [6, 6.07) is 11.0. The number of nitrogens with one attached hydrogen (secondary N) is 2. The lowest BCUT2D eigenvalue weighted by Crippen LogP contribution is -2.17. The Morgan fingerprint density at radius 3 is 1.77 bits per heavy atom. The number of hydrogen-bond donors (Lipinski definition) is 2. The third-order valence-electron chi connectivity index (χ3n) is 4.67. The minimum Gasteiger partial charge on any atom is -0.494 e. The smallest absolute Gasteiger partial charge is 0.416 e. The van der Waals surface area contributed by atoms with Gasteiger partial charge in [0, 0.05) is 17.2 Å². The first kappa shape index (κ1) is 25.9. The summed E-state index contributed by atoms with van der Waals surface area (Å²) in [6.45, 7) is 0. The van der Waals surface area contributed by atoms with Crippen LogP contribution < -0.4 is 15.4 Å². The highest BCUT2D eigenvalue weighted by atomic mass is 35.5. The second-order valence-corrected chi connectivity index (χ2v) is 7.51. The van der Waals surface area contributed by atoms with Crippen LogP contribution in [0.25, 0.3) is 0 Å².